The fourth-order valence-electron chi connectivity index (χ4n) is 6.11. The van der Waals surface area contributed by atoms with Gasteiger partial charge in [-0.05, 0) is 56.6 Å². The van der Waals surface area contributed by atoms with Crippen molar-refractivity contribution in [2.45, 2.75) is 56.2 Å². The molecule has 2 aliphatic heterocycles. The molecule has 0 spiro atoms. The maximum atomic E-state index is 13.9. The summed E-state index contributed by atoms with van der Waals surface area (Å²) < 4.78 is 47.6. The van der Waals surface area contributed by atoms with E-state index in [1.165, 1.54) is 41.0 Å². The van der Waals surface area contributed by atoms with Crippen LogP contribution in [-0.2, 0) is 24.3 Å². The van der Waals surface area contributed by atoms with E-state index in [4.69, 9.17) is 26.4 Å². The Morgan fingerprint density at radius 3 is 2.50 bits per heavy atom. The number of allylic oxidation sites excluding steroid dienone is 1. The SMILES string of the molecule is COC(=O)C1=C(C2CCN(S(=O)(=O)[C@H]3CC[C@@H](CC(=O)O)CC3)CC2)NC(c2nccs2)=NC1c1ccc(F)cc1Cl. The summed E-state index contributed by atoms with van der Waals surface area (Å²) in [6.45, 7) is 0.542. The Morgan fingerprint density at radius 1 is 1.19 bits per heavy atom. The molecule has 0 radical (unpaired) electrons. The van der Waals surface area contributed by atoms with Crippen LogP contribution in [0.5, 0.6) is 0 Å². The molecule has 1 atom stereocenters. The Kier molecular flexibility index (Phi) is 9.31. The highest BCUT2D eigenvalue weighted by molar-refractivity contribution is 7.89. The highest BCUT2D eigenvalue weighted by atomic mass is 35.5. The molecule has 1 saturated heterocycles. The number of amidine groups is 1. The maximum Gasteiger partial charge on any atom is 0.338 e. The number of thiazole rings is 1. The molecular weight excluding hydrogens is 607 g/mol. The van der Waals surface area contributed by atoms with Crippen molar-refractivity contribution in [2.24, 2.45) is 16.8 Å². The van der Waals surface area contributed by atoms with Crippen LogP contribution in [0.3, 0.4) is 0 Å². The number of methoxy groups -OCH3 is 1. The van der Waals surface area contributed by atoms with Gasteiger partial charge in [-0.25, -0.2) is 26.9 Å². The second-order valence-electron chi connectivity index (χ2n) is 10.8. The average molecular weight is 639 g/mol. The zero-order valence-corrected chi connectivity index (χ0v) is 25.4. The molecule has 14 heteroatoms. The van der Waals surface area contributed by atoms with E-state index in [1.54, 1.807) is 11.6 Å². The Morgan fingerprint density at radius 2 is 1.90 bits per heavy atom. The van der Waals surface area contributed by atoms with Crippen molar-refractivity contribution in [3.8, 4) is 0 Å². The van der Waals surface area contributed by atoms with Gasteiger partial charge in [0.25, 0.3) is 0 Å². The number of aliphatic carboxylic acids is 1. The van der Waals surface area contributed by atoms with Crippen LogP contribution in [0.25, 0.3) is 0 Å². The number of esters is 1. The summed E-state index contributed by atoms with van der Waals surface area (Å²) in [5.41, 5.74) is 1.24. The van der Waals surface area contributed by atoms with Crippen molar-refractivity contribution in [3.63, 3.8) is 0 Å². The summed E-state index contributed by atoms with van der Waals surface area (Å²) in [7, 11) is -2.29. The number of carbonyl (C=O) groups is 2. The van der Waals surface area contributed by atoms with Crippen LogP contribution in [0.2, 0.25) is 5.02 Å². The number of benzene rings is 1. The van der Waals surface area contributed by atoms with Crippen LogP contribution in [0, 0.1) is 17.7 Å². The first-order valence-corrected chi connectivity index (χ1v) is 16.6. The van der Waals surface area contributed by atoms with Crippen LogP contribution in [0.4, 0.5) is 4.39 Å². The van der Waals surface area contributed by atoms with Crippen LogP contribution in [0.1, 0.15) is 61.6 Å². The van der Waals surface area contributed by atoms with Crippen molar-refractivity contribution >= 4 is 50.7 Å². The monoisotopic (exact) mass is 638 g/mol. The smallest absolute Gasteiger partial charge is 0.338 e. The summed E-state index contributed by atoms with van der Waals surface area (Å²) >= 11 is 7.80. The minimum absolute atomic E-state index is 0.0111. The average Bonchev–Trinajstić information content (AvgIpc) is 3.52. The van der Waals surface area contributed by atoms with Gasteiger partial charge in [-0.3, -0.25) is 9.79 Å². The topological polar surface area (TPSA) is 138 Å². The number of sulfonamides is 1. The van der Waals surface area contributed by atoms with E-state index >= 15 is 0 Å². The van der Waals surface area contributed by atoms with Gasteiger partial charge < -0.3 is 15.2 Å². The van der Waals surface area contributed by atoms with Gasteiger partial charge >= 0.3 is 11.9 Å². The van der Waals surface area contributed by atoms with Crippen LogP contribution in [-0.4, -0.2) is 66.0 Å². The number of hydrogen-bond acceptors (Lipinski definition) is 9. The molecule has 2 N–H and O–H groups in total. The number of aromatic nitrogens is 1. The molecule has 2 fully saturated rings. The fourth-order valence-corrected chi connectivity index (χ4v) is 8.98. The second-order valence-corrected chi connectivity index (χ2v) is 14.3. The molecule has 5 rings (SSSR count). The Labute approximate surface area is 252 Å². The summed E-state index contributed by atoms with van der Waals surface area (Å²) in [6.07, 6.45) is 4.68. The van der Waals surface area contributed by atoms with Gasteiger partial charge in [0.2, 0.25) is 10.0 Å². The lowest BCUT2D eigenvalue weighted by molar-refractivity contribution is -0.138. The lowest BCUT2D eigenvalue weighted by atomic mass is 9.86. The molecule has 3 heterocycles. The molecule has 2 aromatic rings. The van der Waals surface area contributed by atoms with Gasteiger partial charge in [0.15, 0.2) is 10.8 Å². The zero-order chi connectivity index (χ0) is 30.0. The normalized spacial score (nSPS) is 24.2. The van der Waals surface area contributed by atoms with Crippen molar-refractivity contribution in [2.75, 3.05) is 20.2 Å². The van der Waals surface area contributed by atoms with Gasteiger partial charge in [-0.2, -0.15) is 0 Å². The van der Waals surface area contributed by atoms with E-state index in [-0.39, 0.29) is 41.9 Å². The summed E-state index contributed by atoms with van der Waals surface area (Å²) in [4.78, 5) is 33.4. The van der Waals surface area contributed by atoms with E-state index in [1.807, 2.05) is 0 Å². The first-order valence-electron chi connectivity index (χ1n) is 13.8. The summed E-state index contributed by atoms with van der Waals surface area (Å²) in [5.74, 6) is -1.76. The number of ether oxygens (including phenoxy) is 1. The first-order chi connectivity index (χ1) is 20.1. The standard InChI is InChI=1S/C28H32ClFN4O6S2/c1-40-28(37)23-24(32-26(27-31-10-13-41-27)33-25(23)20-7-4-18(30)15-21(20)29)17-8-11-34(12-9-17)42(38,39)19-5-2-16(3-6-19)14-22(35)36/h4,7,10,13,15-17,19,25H,2-3,5-6,8-9,11-12,14H2,1H3,(H,32,33)(H,35,36)/t16-,19+,25?. The number of carboxylic acids is 1. The van der Waals surface area contributed by atoms with Gasteiger partial charge in [-0.1, -0.05) is 17.7 Å². The van der Waals surface area contributed by atoms with E-state index in [0.29, 0.717) is 60.6 Å². The largest absolute Gasteiger partial charge is 0.481 e. The molecule has 10 nitrogen and oxygen atoms in total. The van der Waals surface area contributed by atoms with Crippen molar-refractivity contribution in [1.29, 1.82) is 0 Å². The van der Waals surface area contributed by atoms with Gasteiger partial charge in [-0.15, -0.1) is 11.3 Å². The van der Waals surface area contributed by atoms with Crippen molar-refractivity contribution in [3.05, 3.63) is 62.5 Å². The quantitative estimate of drug-likeness (QED) is 0.402. The molecule has 0 bridgehead atoms. The minimum Gasteiger partial charge on any atom is -0.481 e. The minimum atomic E-state index is -3.56. The van der Waals surface area contributed by atoms with E-state index in [2.05, 4.69) is 10.3 Å². The van der Waals surface area contributed by atoms with E-state index in [0.717, 1.165) is 0 Å². The van der Waals surface area contributed by atoms with E-state index in [9.17, 15) is 22.4 Å². The zero-order valence-electron chi connectivity index (χ0n) is 23.0. The Hall–Kier alpha value is -2.87. The number of hydrogen-bond donors (Lipinski definition) is 2. The lowest BCUT2D eigenvalue weighted by Crippen LogP contribution is -2.46. The van der Waals surface area contributed by atoms with Crippen LogP contribution < -0.4 is 5.32 Å². The second kappa shape index (κ2) is 12.8. The first kappa shape index (κ1) is 30.6. The highest BCUT2D eigenvalue weighted by Gasteiger charge is 2.41. The third-order valence-corrected chi connectivity index (χ3v) is 11.8. The van der Waals surface area contributed by atoms with Crippen molar-refractivity contribution in [1.82, 2.24) is 14.6 Å². The Balaban J connectivity index is 1.40. The molecule has 1 saturated carbocycles. The van der Waals surface area contributed by atoms with Gasteiger partial charge in [0.05, 0.1) is 17.9 Å². The van der Waals surface area contributed by atoms with Crippen LogP contribution >= 0.6 is 22.9 Å². The van der Waals surface area contributed by atoms with Gasteiger partial charge in [0.1, 0.15) is 11.9 Å². The maximum absolute atomic E-state index is 13.9. The molecule has 1 unspecified atom stereocenters. The molecule has 1 aromatic carbocycles. The van der Waals surface area contributed by atoms with Crippen molar-refractivity contribution < 1.29 is 32.2 Å². The highest BCUT2D eigenvalue weighted by Crippen LogP contribution is 2.41. The summed E-state index contributed by atoms with van der Waals surface area (Å²) in [5, 5.41) is 14.4. The third kappa shape index (κ3) is 6.38. The van der Waals surface area contributed by atoms with Crippen LogP contribution in [0.15, 0.2) is 46.0 Å². The molecule has 42 heavy (non-hydrogen) atoms. The molecule has 0 amide bonds. The number of nitrogens with zero attached hydrogens (tertiary/aromatic N) is 3. The predicted molar refractivity (Wildman–Crippen MR) is 156 cm³/mol. The number of halogens is 2. The molecule has 226 valence electrons. The third-order valence-electron chi connectivity index (χ3n) is 8.27. The molecule has 1 aromatic heterocycles. The summed E-state index contributed by atoms with van der Waals surface area (Å²) in [6, 6.07) is 3.04. The number of piperidine rings is 1. The number of rotatable bonds is 8. The molecular formula is C28H32ClFN4O6S2. The number of carbonyl (C=O) groups excluding carboxylic acids is 1. The number of aliphatic imine (C=N–C) groups is 1. The molecule has 1 aliphatic carbocycles. The van der Waals surface area contributed by atoms with Gasteiger partial charge in [0, 0.05) is 53.3 Å². The lowest BCUT2D eigenvalue weighted by Gasteiger charge is -2.38. The Bertz CT molecular complexity index is 1500. The van der Waals surface area contributed by atoms with E-state index < -0.39 is 39.1 Å². The molecule has 3 aliphatic rings. The number of carboxylic acid groups (broad SMARTS) is 1. The predicted octanol–water partition coefficient (Wildman–Crippen LogP) is 4.53. The number of nitrogens with one attached hydrogen (secondary N) is 1. The fraction of sp³-hybridized carbons (Fsp3) is 0.500.